The molecule has 0 spiro atoms. The molecule has 0 radical (unpaired) electrons. The molecule has 3 aromatic rings. The number of hydrogen-bond donors (Lipinski definition) is 0. The van der Waals surface area contributed by atoms with Crippen LogP contribution in [0.1, 0.15) is 92.1 Å². The third-order valence-electron chi connectivity index (χ3n) is 7.66. The number of pyridine rings is 1. The Morgan fingerprint density at radius 1 is 1.15 bits per heavy atom. The maximum Gasteiger partial charge on any atom is 0.134 e. The molecule has 0 aromatic carbocycles. The van der Waals surface area contributed by atoms with Gasteiger partial charge in [0, 0.05) is 59.0 Å². The molecule has 2 aliphatic carbocycles. The lowest BCUT2D eigenvalue weighted by atomic mass is 9.91. The van der Waals surface area contributed by atoms with Crippen LogP contribution in [0.15, 0.2) is 24.5 Å². The van der Waals surface area contributed by atoms with Gasteiger partial charge >= 0.3 is 0 Å². The van der Waals surface area contributed by atoms with Crippen molar-refractivity contribution in [1.29, 1.82) is 0 Å². The van der Waals surface area contributed by atoms with Crippen LogP contribution in [0.3, 0.4) is 0 Å². The predicted octanol–water partition coefficient (Wildman–Crippen LogP) is 7.34. The number of carbonyl (C=O) groups is 1. The smallest absolute Gasteiger partial charge is 0.134 e. The van der Waals surface area contributed by atoms with Gasteiger partial charge in [-0.2, -0.15) is 10.2 Å². The molecule has 0 N–H and O–H groups in total. The highest BCUT2D eigenvalue weighted by molar-refractivity contribution is 7.12. The van der Waals surface area contributed by atoms with Gasteiger partial charge in [-0.15, -0.1) is 11.3 Å². The maximum atomic E-state index is 12.8. The monoisotopic (exact) mass is 566 g/mol. The molecule has 3 aliphatic rings. The molecule has 1 fully saturated rings. The normalized spacial score (nSPS) is 17.6. The van der Waals surface area contributed by atoms with E-state index in [0.29, 0.717) is 25.6 Å². The average molecular weight is 567 g/mol. The number of fused-ring (bicyclic) bond motifs is 2. The molecule has 1 aliphatic heterocycles. The Morgan fingerprint density at radius 2 is 1.90 bits per heavy atom. The van der Waals surface area contributed by atoms with E-state index in [1.807, 2.05) is 51.3 Å². The number of nitrogens with zero attached hydrogens (tertiary/aromatic N) is 4. The number of rotatable bonds is 5. The van der Waals surface area contributed by atoms with Crippen LogP contribution in [-0.4, -0.2) is 51.2 Å². The van der Waals surface area contributed by atoms with E-state index < -0.39 is 6.17 Å². The minimum atomic E-state index is -0.560. The molecule has 4 heterocycles. The average Bonchev–Trinajstić information content (AvgIpc) is 3.59. The molecule has 7 heteroatoms. The van der Waals surface area contributed by atoms with Crippen molar-refractivity contribution in [3.8, 4) is 11.3 Å². The van der Waals surface area contributed by atoms with Crippen molar-refractivity contribution in [1.82, 2.24) is 20.1 Å². The van der Waals surface area contributed by atoms with Crippen molar-refractivity contribution >= 4 is 17.1 Å². The minimum Gasteiger partial charge on any atom is -0.300 e. The van der Waals surface area contributed by atoms with Crippen molar-refractivity contribution in [2.45, 2.75) is 112 Å². The molecule has 40 heavy (non-hydrogen) atoms. The zero-order valence-corrected chi connectivity index (χ0v) is 26.3. The van der Waals surface area contributed by atoms with Crippen LogP contribution in [0, 0.1) is 6.92 Å². The lowest BCUT2D eigenvalue weighted by Crippen LogP contribution is -2.54. The first kappa shape index (κ1) is 32.0. The first-order valence-corrected chi connectivity index (χ1v) is 16.0. The number of likely N-dealkylation sites (tertiary alicyclic amines) is 1. The quantitative estimate of drug-likeness (QED) is 0.323. The third kappa shape index (κ3) is 7.61. The second kappa shape index (κ2) is 15.5. The third-order valence-corrected chi connectivity index (χ3v) is 8.81. The van der Waals surface area contributed by atoms with E-state index in [1.165, 1.54) is 28.8 Å². The standard InChI is InChI=1S/C17H19N3O.C12H16FNS.2C2H6/c1-3-12-7-8-19-20-17(12)15-10-18-16-6-4-5-13(16)14(15)9-11(2)21;1-8-4-9-5-11(2-3-12(9)15-8)14-6-10(13)7-14;2*1-2/h7-8,10H,3-6,9H2,1-2H3;4,10-11H,2-3,5-7H2,1H3;2*1-2H3. The number of ketones is 1. The number of thiophene rings is 1. The van der Waals surface area contributed by atoms with Crippen molar-refractivity contribution in [2.75, 3.05) is 13.1 Å². The number of halogens is 1. The Balaban J connectivity index is 0.000000204. The van der Waals surface area contributed by atoms with Gasteiger partial charge in [0.05, 0.1) is 5.69 Å². The van der Waals surface area contributed by atoms with E-state index >= 15 is 0 Å². The van der Waals surface area contributed by atoms with Gasteiger partial charge < -0.3 is 0 Å². The Morgan fingerprint density at radius 3 is 2.58 bits per heavy atom. The number of alkyl halides is 1. The molecule has 5 nitrogen and oxygen atoms in total. The molecule has 0 amide bonds. The SMILES string of the molecule is CC.CC.CCc1ccnnc1-c1cnc2c(c1CC(C)=O)CCC2.Cc1cc2c(s1)CCC(N1CC(F)C1)C2. The van der Waals surface area contributed by atoms with Gasteiger partial charge in [-0.3, -0.25) is 14.7 Å². The van der Waals surface area contributed by atoms with Crippen molar-refractivity contribution in [2.24, 2.45) is 0 Å². The van der Waals surface area contributed by atoms with E-state index in [1.54, 1.807) is 18.0 Å². The Kier molecular flexibility index (Phi) is 12.4. The van der Waals surface area contributed by atoms with Gasteiger partial charge in [0.15, 0.2) is 0 Å². The highest BCUT2D eigenvalue weighted by Crippen LogP contribution is 2.34. The minimum absolute atomic E-state index is 0.179. The van der Waals surface area contributed by atoms with E-state index in [9.17, 15) is 9.18 Å². The van der Waals surface area contributed by atoms with Gasteiger partial charge in [-0.05, 0) is 93.2 Å². The van der Waals surface area contributed by atoms with Gasteiger partial charge in [-0.25, -0.2) is 4.39 Å². The van der Waals surface area contributed by atoms with E-state index in [-0.39, 0.29) is 5.78 Å². The molecule has 1 unspecified atom stereocenters. The molecule has 3 aromatic heterocycles. The van der Waals surface area contributed by atoms with Gasteiger partial charge in [0.1, 0.15) is 12.0 Å². The van der Waals surface area contributed by atoms with Crippen LogP contribution < -0.4 is 0 Å². The highest BCUT2D eigenvalue weighted by atomic mass is 32.1. The fourth-order valence-corrected chi connectivity index (χ4v) is 6.90. The molecule has 1 saturated heterocycles. The summed E-state index contributed by atoms with van der Waals surface area (Å²) < 4.78 is 12.8. The molecule has 1 atom stereocenters. The zero-order valence-electron chi connectivity index (χ0n) is 25.5. The predicted molar refractivity (Wildman–Crippen MR) is 165 cm³/mol. The summed E-state index contributed by atoms with van der Waals surface area (Å²) in [6, 6.07) is 4.92. The van der Waals surface area contributed by atoms with Crippen molar-refractivity contribution in [3.63, 3.8) is 0 Å². The fourth-order valence-electron chi connectivity index (χ4n) is 5.82. The first-order chi connectivity index (χ1) is 19.4. The second-order valence-electron chi connectivity index (χ2n) is 10.3. The van der Waals surface area contributed by atoms with Gasteiger partial charge in [0.2, 0.25) is 0 Å². The van der Waals surface area contributed by atoms with E-state index in [4.69, 9.17) is 0 Å². The summed E-state index contributed by atoms with van der Waals surface area (Å²) in [5.74, 6) is 0.179. The van der Waals surface area contributed by atoms with Crippen molar-refractivity contribution in [3.05, 3.63) is 62.2 Å². The van der Waals surface area contributed by atoms with Crippen LogP contribution in [-0.2, 0) is 43.3 Å². The zero-order chi connectivity index (χ0) is 29.2. The van der Waals surface area contributed by atoms with E-state index in [2.05, 4.69) is 40.0 Å². The number of Topliss-reactive ketones (excluding diaryl/α,β-unsaturated/α-hetero) is 1. The maximum absolute atomic E-state index is 12.8. The summed E-state index contributed by atoms with van der Waals surface area (Å²) >= 11 is 1.94. The molecule has 218 valence electrons. The topological polar surface area (TPSA) is 59.0 Å². The van der Waals surface area contributed by atoms with Crippen molar-refractivity contribution < 1.29 is 9.18 Å². The van der Waals surface area contributed by atoms with Crippen LogP contribution in [0.2, 0.25) is 0 Å². The molecule has 0 saturated carbocycles. The van der Waals surface area contributed by atoms with E-state index in [0.717, 1.165) is 60.2 Å². The Bertz CT molecular complexity index is 1250. The first-order valence-electron chi connectivity index (χ1n) is 15.2. The number of aryl methyl sites for hydroxylation is 4. The summed E-state index contributed by atoms with van der Waals surface area (Å²) in [5.41, 5.74) is 8.05. The van der Waals surface area contributed by atoms with Gasteiger partial charge in [0.25, 0.3) is 0 Å². The lowest BCUT2D eigenvalue weighted by molar-refractivity contribution is -0.116. The number of hydrogen-bond acceptors (Lipinski definition) is 6. The Hall–Kier alpha value is -2.51. The molecule has 0 bridgehead atoms. The summed E-state index contributed by atoms with van der Waals surface area (Å²) in [4.78, 5) is 21.6. The molecular weight excluding hydrogens is 519 g/mol. The summed E-state index contributed by atoms with van der Waals surface area (Å²) in [6.07, 6.45) is 11.1. The van der Waals surface area contributed by atoms with Crippen LogP contribution >= 0.6 is 11.3 Å². The number of aromatic nitrogens is 3. The summed E-state index contributed by atoms with van der Waals surface area (Å²) in [5, 5.41) is 8.33. The number of carbonyl (C=O) groups excluding carboxylic acids is 1. The van der Waals surface area contributed by atoms with Crippen LogP contribution in [0.5, 0.6) is 0 Å². The fraction of sp³-hybridized carbons (Fsp3) is 0.576. The Labute approximate surface area is 244 Å². The molecule has 6 rings (SSSR count). The molecular formula is C33H47FN4OS. The highest BCUT2D eigenvalue weighted by Gasteiger charge is 2.34. The van der Waals surface area contributed by atoms with Gasteiger partial charge in [-0.1, -0.05) is 34.6 Å². The largest absolute Gasteiger partial charge is 0.300 e. The summed E-state index contributed by atoms with van der Waals surface area (Å²) in [6.45, 7) is 15.3. The van der Waals surface area contributed by atoms with Crippen LogP contribution in [0.4, 0.5) is 4.39 Å². The lowest BCUT2D eigenvalue weighted by Gasteiger charge is -2.42. The second-order valence-corrected chi connectivity index (χ2v) is 11.7. The van der Waals surface area contributed by atoms with Crippen LogP contribution in [0.25, 0.3) is 11.3 Å². The summed E-state index contributed by atoms with van der Waals surface area (Å²) in [7, 11) is 0.